The molecule has 0 unspecified atom stereocenters. The zero-order valence-electron chi connectivity index (χ0n) is 4.89. The van der Waals surface area contributed by atoms with Crippen LogP contribution in [0.1, 0.15) is 0 Å². The molecule has 7 nitrogen and oxygen atoms in total. The fourth-order valence-electron chi connectivity index (χ4n) is 0.265. The Hall–Kier alpha value is -0.300. The van der Waals surface area contributed by atoms with Crippen molar-refractivity contribution in [3.63, 3.8) is 0 Å². The lowest BCUT2D eigenvalue weighted by atomic mass is 10.8. The van der Waals surface area contributed by atoms with Crippen LogP contribution in [0.15, 0.2) is 0 Å². The van der Waals surface area contributed by atoms with Crippen molar-refractivity contribution < 1.29 is 24.0 Å². The fraction of sp³-hybridized carbons (Fsp3) is 0.500. The van der Waals surface area contributed by atoms with E-state index in [2.05, 4.69) is 21.0 Å². The molecule has 0 aromatic rings. The molecule has 0 aliphatic rings. The van der Waals surface area contributed by atoms with Gasteiger partial charge in [-0.2, -0.15) is 11.8 Å². The normalized spacial score (nSPS) is 11.5. The highest BCUT2D eigenvalue weighted by Crippen LogP contribution is 2.47. The van der Waals surface area contributed by atoms with Gasteiger partial charge in [-0.3, -0.25) is 0 Å². The van der Waals surface area contributed by atoms with Gasteiger partial charge in [0.1, 0.15) is 0 Å². The number of hydrogen-bond acceptors (Lipinski definition) is 6. The number of carbonyl (C=O) groups is 1. The Bertz CT molecular complexity index is 125. The number of hydrogen-bond donors (Lipinski definition) is 3. The van der Waals surface area contributed by atoms with Gasteiger partial charge < -0.3 is 10.00 Å². The van der Waals surface area contributed by atoms with Crippen LogP contribution >= 0.6 is 7.94 Å². The van der Waals surface area contributed by atoms with Gasteiger partial charge in [0, 0.05) is 0 Å². The maximum atomic E-state index is 10.7. The van der Waals surface area contributed by atoms with Gasteiger partial charge >= 0.3 is 5.97 Å². The Morgan fingerprint density at radius 1 is 1.60 bits per heavy atom. The van der Waals surface area contributed by atoms with Crippen LogP contribution in [0.25, 0.3) is 0 Å². The van der Waals surface area contributed by atoms with Gasteiger partial charge in [-0.15, -0.1) is 9.25 Å². The topological polar surface area (TPSA) is 131 Å². The molecule has 0 aromatic carbocycles. The SMILES string of the molecule is NO[P+]([O-])(CC(=O)O)ON. The molecule has 0 amide bonds. The minimum absolute atomic E-state index is 0.847. The van der Waals surface area contributed by atoms with Crippen LogP contribution in [-0.4, -0.2) is 17.2 Å². The highest BCUT2D eigenvalue weighted by molar-refractivity contribution is 7.60. The van der Waals surface area contributed by atoms with Crippen LogP contribution in [0, 0.1) is 0 Å². The number of rotatable bonds is 4. The second-order valence-electron chi connectivity index (χ2n) is 1.37. The smallest absolute Gasteiger partial charge is 0.346 e. The molecule has 0 heterocycles. The van der Waals surface area contributed by atoms with Crippen molar-refractivity contribution in [3.8, 4) is 0 Å². The first kappa shape index (κ1) is 9.70. The molecule has 0 rings (SSSR count). The van der Waals surface area contributed by atoms with E-state index in [9.17, 15) is 9.69 Å². The van der Waals surface area contributed by atoms with Gasteiger partial charge in [-0.05, 0) is 0 Å². The molecule has 0 aromatic heterocycles. The molecular formula is C2H7N2O5P. The summed E-state index contributed by atoms with van der Waals surface area (Å²) < 4.78 is 7.45. The molecule has 8 heteroatoms. The van der Waals surface area contributed by atoms with Gasteiger partial charge in [0.2, 0.25) is 6.16 Å². The molecule has 5 N–H and O–H groups in total. The lowest BCUT2D eigenvalue weighted by Crippen LogP contribution is -2.27. The standard InChI is InChI=1S/C2H7N2O5P/c3-8-10(7,9-4)1-2(5)6/h1,3-4H2,(H,5,6). The summed E-state index contributed by atoms with van der Waals surface area (Å²) in [6.07, 6.45) is -0.847. The van der Waals surface area contributed by atoms with Gasteiger partial charge in [-0.25, -0.2) is 4.79 Å². The molecule has 0 atom stereocenters. The summed E-state index contributed by atoms with van der Waals surface area (Å²) in [7, 11) is -3.78. The molecule has 0 radical (unpaired) electrons. The van der Waals surface area contributed by atoms with E-state index in [0.717, 1.165) is 0 Å². The molecule has 0 aliphatic carbocycles. The van der Waals surface area contributed by atoms with Gasteiger partial charge in [0.05, 0.1) is 0 Å². The molecule has 60 valence electrons. The Morgan fingerprint density at radius 3 is 2.10 bits per heavy atom. The largest absolute Gasteiger partial charge is 0.628 e. The lowest BCUT2D eigenvalue weighted by Gasteiger charge is -2.18. The second-order valence-corrected chi connectivity index (χ2v) is 3.33. The highest BCUT2D eigenvalue weighted by atomic mass is 31.2. The van der Waals surface area contributed by atoms with Crippen molar-refractivity contribution in [2.24, 2.45) is 11.8 Å². The van der Waals surface area contributed by atoms with Gasteiger partial charge in [0.25, 0.3) is 7.94 Å². The minimum atomic E-state index is -3.78. The van der Waals surface area contributed by atoms with Gasteiger partial charge in [0.15, 0.2) is 0 Å². The van der Waals surface area contributed by atoms with E-state index in [1.165, 1.54) is 0 Å². The molecular weight excluding hydrogens is 163 g/mol. The second kappa shape index (κ2) is 3.77. The van der Waals surface area contributed by atoms with Crippen LogP contribution in [-0.2, 0) is 14.0 Å². The maximum absolute atomic E-state index is 10.7. The Morgan fingerprint density at radius 2 is 2.00 bits per heavy atom. The molecule has 0 aliphatic heterocycles. The molecule has 10 heavy (non-hydrogen) atoms. The predicted molar refractivity (Wildman–Crippen MR) is 30.0 cm³/mol. The van der Waals surface area contributed by atoms with E-state index in [4.69, 9.17) is 5.11 Å². The first-order valence-corrected chi connectivity index (χ1v) is 3.84. The van der Waals surface area contributed by atoms with Crippen molar-refractivity contribution >= 4 is 13.9 Å². The van der Waals surface area contributed by atoms with Crippen molar-refractivity contribution in [2.45, 2.75) is 0 Å². The molecule has 0 spiro atoms. The van der Waals surface area contributed by atoms with Crippen molar-refractivity contribution in [2.75, 3.05) is 6.16 Å². The third kappa shape index (κ3) is 3.02. The number of nitrogens with two attached hydrogens (primary N) is 2. The number of carboxylic acids is 1. The van der Waals surface area contributed by atoms with Crippen molar-refractivity contribution in [1.29, 1.82) is 0 Å². The van der Waals surface area contributed by atoms with Crippen molar-refractivity contribution in [3.05, 3.63) is 0 Å². The van der Waals surface area contributed by atoms with Crippen LogP contribution in [0.3, 0.4) is 0 Å². The fourth-order valence-corrected chi connectivity index (χ4v) is 0.795. The van der Waals surface area contributed by atoms with E-state index in [1.807, 2.05) is 0 Å². The molecule has 0 fully saturated rings. The third-order valence-electron chi connectivity index (χ3n) is 0.650. The Balaban J connectivity index is 3.92. The summed E-state index contributed by atoms with van der Waals surface area (Å²) in [5.74, 6) is 7.51. The summed E-state index contributed by atoms with van der Waals surface area (Å²) in [4.78, 5) is 20.6. The zero-order valence-corrected chi connectivity index (χ0v) is 5.78. The summed E-state index contributed by atoms with van der Waals surface area (Å²) in [5.41, 5.74) is 0. The van der Waals surface area contributed by atoms with Crippen LogP contribution in [0.5, 0.6) is 0 Å². The van der Waals surface area contributed by atoms with Crippen molar-refractivity contribution in [1.82, 2.24) is 0 Å². The summed E-state index contributed by atoms with van der Waals surface area (Å²) in [6, 6.07) is 0. The number of aliphatic carboxylic acids is 1. The highest BCUT2D eigenvalue weighted by Gasteiger charge is 2.33. The van der Waals surface area contributed by atoms with E-state index in [1.54, 1.807) is 0 Å². The quantitative estimate of drug-likeness (QED) is 0.327. The van der Waals surface area contributed by atoms with E-state index >= 15 is 0 Å². The number of carboxylic acid groups (broad SMARTS) is 1. The first-order valence-electron chi connectivity index (χ1n) is 2.12. The summed E-state index contributed by atoms with van der Waals surface area (Å²) in [6.45, 7) is 0. The van der Waals surface area contributed by atoms with Crippen LogP contribution in [0.4, 0.5) is 0 Å². The monoisotopic (exact) mass is 170 g/mol. The van der Waals surface area contributed by atoms with Crippen LogP contribution in [0.2, 0.25) is 0 Å². The zero-order chi connectivity index (χ0) is 8.20. The van der Waals surface area contributed by atoms with E-state index in [-0.39, 0.29) is 0 Å². The third-order valence-corrected chi connectivity index (χ3v) is 1.95. The minimum Gasteiger partial charge on any atom is -0.628 e. The molecule has 0 bridgehead atoms. The van der Waals surface area contributed by atoms with E-state index in [0.29, 0.717) is 0 Å². The maximum Gasteiger partial charge on any atom is 0.346 e. The Kier molecular flexibility index (Phi) is 3.66. The summed E-state index contributed by atoms with van der Waals surface area (Å²) >= 11 is 0. The predicted octanol–water partition coefficient (Wildman–Crippen LogP) is -2.03. The average Bonchev–Trinajstić information content (AvgIpc) is 1.87. The van der Waals surface area contributed by atoms with E-state index < -0.39 is 20.1 Å². The molecule has 0 saturated carbocycles. The first-order chi connectivity index (χ1) is 4.54. The van der Waals surface area contributed by atoms with Gasteiger partial charge in [-0.1, -0.05) is 0 Å². The van der Waals surface area contributed by atoms with Crippen LogP contribution < -0.4 is 16.7 Å². The lowest BCUT2D eigenvalue weighted by molar-refractivity contribution is -0.220. The molecule has 0 saturated heterocycles. The Labute approximate surface area is 57.0 Å². The summed E-state index contributed by atoms with van der Waals surface area (Å²) in [5, 5.41) is 8.07. The average molecular weight is 170 g/mol.